The van der Waals surface area contributed by atoms with Crippen LogP contribution >= 0.6 is 11.9 Å². The van der Waals surface area contributed by atoms with Gasteiger partial charge < -0.3 is 9.52 Å². The van der Waals surface area contributed by atoms with Crippen molar-refractivity contribution in [2.75, 3.05) is 0 Å². The van der Waals surface area contributed by atoms with Crippen molar-refractivity contribution in [1.82, 2.24) is 4.72 Å². The monoisotopic (exact) mass is 383 g/mol. The van der Waals surface area contributed by atoms with Crippen LogP contribution in [0.25, 0.3) is 21.9 Å². The first-order chi connectivity index (χ1) is 13.0. The predicted octanol–water partition coefficient (Wildman–Crippen LogP) is 5.95. The van der Waals surface area contributed by atoms with Gasteiger partial charge in [0.15, 0.2) is 0 Å². The van der Waals surface area contributed by atoms with Crippen LogP contribution in [-0.4, -0.2) is 17.1 Å². The molecule has 0 saturated heterocycles. The number of carboxylic acids is 1. The first-order valence-corrected chi connectivity index (χ1v) is 10.5. The second kappa shape index (κ2) is 7.56. The Morgan fingerprint density at radius 2 is 1.89 bits per heavy atom. The number of hydrogen-bond donors (Lipinski definition) is 2. The van der Waals surface area contributed by atoms with Gasteiger partial charge in [-0.05, 0) is 72.5 Å². The minimum absolute atomic E-state index is 0.0129. The van der Waals surface area contributed by atoms with Gasteiger partial charge in [-0.25, -0.2) is 4.72 Å². The number of aliphatic carboxylic acids is 1. The number of nitrogens with one attached hydrogen (secondary N) is 1. The molecule has 0 spiro atoms. The smallest absolute Gasteiger partial charge is 0.321 e. The van der Waals surface area contributed by atoms with Crippen molar-refractivity contribution in [1.29, 1.82) is 0 Å². The average molecular weight is 384 g/mol. The Morgan fingerprint density at radius 3 is 2.59 bits per heavy atom. The third kappa shape index (κ3) is 3.71. The maximum atomic E-state index is 11.3. The standard InChI is InChI=1S/C22H25NO3S/c1-13(2)21(22(24)25)23-27-16-8-9-17-18-11-15(14-5-3-4-6-14)7-10-19(18)26-20(17)12-16/h7-14,21,23H,3-6H2,1-2H3,(H,24,25)/t21-/m0/s1. The molecule has 0 bridgehead atoms. The van der Waals surface area contributed by atoms with Crippen molar-refractivity contribution in [3.8, 4) is 0 Å². The van der Waals surface area contributed by atoms with Crippen molar-refractivity contribution in [2.24, 2.45) is 5.92 Å². The molecule has 5 heteroatoms. The third-order valence-electron chi connectivity index (χ3n) is 5.53. The molecule has 1 aliphatic carbocycles. The molecule has 1 saturated carbocycles. The van der Waals surface area contributed by atoms with Gasteiger partial charge in [-0.2, -0.15) is 0 Å². The van der Waals surface area contributed by atoms with Gasteiger partial charge >= 0.3 is 5.97 Å². The van der Waals surface area contributed by atoms with Crippen LogP contribution < -0.4 is 4.72 Å². The Hall–Kier alpha value is -1.98. The summed E-state index contributed by atoms with van der Waals surface area (Å²) in [5, 5.41) is 11.6. The van der Waals surface area contributed by atoms with E-state index in [1.807, 2.05) is 26.0 Å². The van der Waals surface area contributed by atoms with E-state index in [1.54, 1.807) is 0 Å². The van der Waals surface area contributed by atoms with E-state index in [-0.39, 0.29) is 5.92 Å². The van der Waals surface area contributed by atoms with Crippen LogP contribution in [0.5, 0.6) is 0 Å². The van der Waals surface area contributed by atoms with Crippen molar-refractivity contribution in [3.63, 3.8) is 0 Å². The van der Waals surface area contributed by atoms with Crippen LogP contribution in [0.15, 0.2) is 45.7 Å². The summed E-state index contributed by atoms with van der Waals surface area (Å²) in [6, 6.07) is 12.1. The molecular formula is C22H25NO3S. The summed E-state index contributed by atoms with van der Waals surface area (Å²) in [6.07, 6.45) is 5.23. The highest BCUT2D eigenvalue weighted by atomic mass is 32.2. The van der Waals surface area contributed by atoms with Crippen LogP contribution in [0, 0.1) is 5.92 Å². The first kappa shape index (κ1) is 18.4. The largest absolute Gasteiger partial charge is 0.480 e. The lowest BCUT2D eigenvalue weighted by Gasteiger charge is -2.16. The summed E-state index contributed by atoms with van der Waals surface area (Å²) in [4.78, 5) is 12.3. The lowest BCUT2D eigenvalue weighted by molar-refractivity contribution is -0.139. The highest BCUT2D eigenvalue weighted by molar-refractivity contribution is 7.97. The van der Waals surface area contributed by atoms with Crippen LogP contribution in [-0.2, 0) is 4.79 Å². The molecule has 1 aliphatic rings. The summed E-state index contributed by atoms with van der Waals surface area (Å²) in [6.45, 7) is 3.80. The highest BCUT2D eigenvalue weighted by Gasteiger charge is 2.21. The van der Waals surface area contributed by atoms with Crippen molar-refractivity contribution < 1.29 is 14.3 Å². The summed E-state index contributed by atoms with van der Waals surface area (Å²) in [5.74, 6) is -0.136. The van der Waals surface area contributed by atoms with E-state index in [1.165, 1.54) is 48.6 Å². The number of benzene rings is 2. The fraction of sp³-hybridized carbons (Fsp3) is 0.409. The van der Waals surface area contributed by atoms with Crippen LogP contribution in [0.3, 0.4) is 0 Å². The first-order valence-electron chi connectivity index (χ1n) is 9.64. The molecule has 1 aromatic heterocycles. The Morgan fingerprint density at radius 1 is 1.11 bits per heavy atom. The normalized spacial score (nSPS) is 16.6. The number of carbonyl (C=O) groups is 1. The van der Waals surface area contributed by atoms with Crippen LogP contribution in [0.1, 0.15) is 51.0 Å². The topological polar surface area (TPSA) is 62.5 Å². The third-order valence-corrected chi connectivity index (χ3v) is 6.39. The second-order valence-electron chi connectivity index (χ2n) is 7.78. The molecular weight excluding hydrogens is 358 g/mol. The molecule has 142 valence electrons. The Labute approximate surface area is 163 Å². The zero-order valence-corrected chi connectivity index (χ0v) is 16.5. The summed E-state index contributed by atoms with van der Waals surface area (Å²) < 4.78 is 9.11. The predicted molar refractivity (Wildman–Crippen MR) is 110 cm³/mol. The number of fused-ring (bicyclic) bond motifs is 3. The van der Waals surface area contributed by atoms with E-state index in [9.17, 15) is 9.90 Å². The highest BCUT2D eigenvalue weighted by Crippen LogP contribution is 2.38. The molecule has 27 heavy (non-hydrogen) atoms. The van der Waals surface area contributed by atoms with Gasteiger partial charge in [0, 0.05) is 15.7 Å². The Kier molecular flexibility index (Phi) is 5.15. The molecule has 0 aliphatic heterocycles. The van der Waals surface area contributed by atoms with Gasteiger partial charge in [0.1, 0.15) is 17.2 Å². The van der Waals surface area contributed by atoms with Crippen molar-refractivity contribution >= 4 is 39.9 Å². The van der Waals surface area contributed by atoms with Gasteiger partial charge in [-0.3, -0.25) is 4.79 Å². The lowest BCUT2D eigenvalue weighted by Crippen LogP contribution is -2.36. The minimum atomic E-state index is -0.832. The van der Waals surface area contributed by atoms with E-state index in [0.717, 1.165) is 21.4 Å². The maximum Gasteiger partial charge on any atom is 0.321 e. The van der Waals surface area contributed by atoms with Gasteiger partial charge in [0.2, 0.25) is 0 Å². The molecule has 2 N–H and O–H groups in total. The lowest BCUT2D eigenvalue weighted by atomic mass is 9.96. The number of rotatable bonds is 6. The molecule has 1 atom stereocenters. The van der Waals surface area contributed by atoms with E-state index in [2.05, 4.69) is 29.0 Å². The number of furan rings is 1. The van der Waals surface area contributed by atoms with Gasteiger partial charge in [-0.15, -0.1) is 0 Å². The molecule has 4 nitrogen and oxygen atoms in total. The van der Waals surface area contributed by atoms with Gasteiger partial charge in [0.25, 0.3) is 0 Å². The SMILES string of the molecule is CC(C)[C@H](NSc1ccc2c(c1)oc1ccc(C3CCCC3)cc12)C(=O)O. The minimum Gasteiger partial charge on any atom is -0.480 e. The summed E-state index contributed by atoms with van der Waals surface area (Å²) in [5.41, 5.74) is 3.17. The quantitative estimate of drug-likeness (QED) is 0.515. The van der Waals surface area contributed by atoms with Crippen molar-refractivity contribution in [3.05, 3.63) is 42.0 Å². The molecule has 4 rings (SSSR count). The fourth-order valence-electron chi connectivity index (χ4n) is 3.95. The molecule has 3 aromatic rings. The molecule has 0 amide bonds. The number of carboxylic acid groups (broad SMARTS) is 1. The van der Waals surface area contributed by atoms with Gasteiger partial charge in [-0.1, -0.05) is 32.8 Å². The summed E-state index contributed by atoms with van der Waals surface area (Å²) in [7, 11) is 0. The zero-order valence-electron chi connectivity index (χ0n) is 15.7. The van der Waals surface area contributed by atoms with Gasteiger partial charge in [0.05, 0.1) is 0 Å². The Balaban J connectivity index is 1.60. The number of hydrogen-bond acceptors (Lipinski definition) is 4. The zero-order chi connectivity index (χ0) is 19.0. The molecule has 1 fully saturated rings. The maximum absolute atomic E-state index is 11.3. The Bertz CT molecular complexity index is 972. The van der Waals surface area contributed by atoms with Crippen LogP contribution in [0.4, 0.5) is 0 Å². The average Bonchev–Trinajstić information content (AvgIpc) is 3.28. The molecule has 2 aromatic carbocycles. The summed E-state index contributed by atoms with van der Waals surface area (Å²) >= 11 is 1.34. The van der Waals surface area contributed by atoms with Crippen molar-refractivity contribution in [2.45, 2.75) is 56.4 Å². The molecule has 1 heterocycles. The van der Waals surface area contributed by atoms with E-state index in [4.69, 9.17) is 4.42 Å². The fourth-order valence-corrected chi connectivity index (χ4v) is 4.89. The van der Waals surface area contributed by atoms with E-state index in [0.29, 0.717) is 5.92 Å². The second-order valence-corrected chi connectivity index (χ2v) is 8.69. The van der Waals surface area contributed by atoms with E-state index >= 15 is 0 Å². The van der Waals surface area contributed by atoms with E-state index < -0.39 is 12.0 Å². The molecule has 0 radical (unpaired) electrons. The van der Waals surface area contributed by atoms with Crippen LogP contribution in [0.2, 0.25) is 0 Å². The molecule has 0 unspecified atom stereocenters.